The molecule has 0 unspecified atom stereocenters. The van der Waals surface area contributed by atoms with E-state index in [2.05, 4.69) is 20.8 Å². The Morgan fingerprint density at radius 2 is 1.33 bits per heavy atom. The number of hydrogen-bond donors (Lipinski definition) is 1. The van der Waals surface area contributed by atoms with Gasteiger partial charge >= 0.3 is 0 Å². The molecule has 0 aliphatic carbocycles. The van der Waals surface area contributed by atoms with Crippen molar-refractivity contribution < 1.29 is 20.4 Å². The summed E-state index contributed by atoms with van der Waals surface area (Å²) in [5.41, 5.74) is 5.68. The Balaban J connectivity index is -0.000000180. The summed E-state index contributed by atoms with van der Waals surface area (Å²) in [5.74, 6) is 0. The molecule has 2 N–H and O–H groups in total. The molecule has 59 valence electrons. The van der Waals surface area contributed by atoms with Gasteiger partial charge in [-0.05, 0) is 0 Å². The number of nitrogens with two attached hydrogens (primary N) is 1. The Morgan fingerprint density at radius 3 is 1.33 bits per heavy atom. The largest absolute Gasteiger partial charge is 0.480 e. The zero-order chi connectivity index (χ0) is 6.08. The maximum atomic E-state index is 5.49. The zero-order valence-electron chi connectivity index (χ0n) is 6.96. The first-order valence-corrected chi connectivity index (χ1v) is 2.54. The van der Waals surface area contributed by atoms with Gasteiger partial charge in [0, 0.05) is 20.4 Å². The van der Waals surface area contributed by atoms with Gasteiger partial charge in [0.1, 0.15) is 0 Å². The van der Waals surface area contributed by atoms with Gasteiger partial charge in [0.15, 0.2) is 0 Å². The standard InChI is InChI=1S/C6H14N.CH3.Re/c1-5(7)6(2,3)4;;/h7H2,1-4H3;1H3;/q2*-1;. The van der Waals surface area contributed by atoms with E-state index in [0.29, 0.717) is 0 Å². The predicted octanol–water partition coefficient (Wildman–Crippen LogP) is 1.99. The molecule has 0 aromatic rings. The summed E-state index contributed by atoms with van der Waals surface area (Å²) >= 11 is 0. The SMILES string of the molecule is C[C-](N)C(C)(C)C.[CH3-].[Re]. The predicted molar refractivity (Wildman–Crippen MR) is 39.0 cm³/mol. The van der Waals surface area contributed by atoms with E-state index in [0.717, 1.165) is 6.04 Å². The van der Waals surface area contributed by atoms with Gasteiger partial charge in [-0.15, -0.1) is 5.41 Å². The third kappa shape index (κ3) is 8.62. The molecule has 0 saturated carbocycles. The van der Waals surface area contributed by atoms with Crippen molar-refractivity contribution in [2.75, 3.05) is 0 Å². The van der Waals surface area contributed by atoms with Gasteiger partial charge in [-0.2, -0.15) is 6.92 Å². The molecule has 0 rings (SSSR count). The van der Waals surface area contributed by atoms with Gasteiger partial charge in [0.25, 0.3) is 0 Å². The molecule has 0 spiro atoms. The van der Waals surface area contributed by atoms with E-state index < -0.39 is 0 Å². The molecule has 1 nitrogen and oxygen atoms in total. The normalized spacial score (nSPS) is 10.0. The number of hydrogen-bond acceptors (Lipinski definition) is 1. The molecule has 0 amide bonds. The summed E-state index contributed by atoms with van der Waals surface area (Å²) in [6, 6.07) is 0.993. The van der Waals surface area contributed by atoms with Gasteiger partial charge in [0.2, 0.25) is 0 Å². The minimum absolute atomic E-state index is 0. The molecule has 0 atom stereocenters. The topological polar surface area (TPSA) is 26.0 Å². The van der Waals surface area contributed by atoms with Gasteiger partial charge in [-0.25, -0.2) is 0 Å². The summed E-state index contributed by atoms with van der Waals surface area (Å²) in [4.78, 5) is 0. The van der Waals surface area contributed by atoms with Gasteiger partial charge in [0.05, 0.1) is 0 Å². The molecule has 0 saturated heterocycles. The van der Waals surface area contributed by atoms with Crippen molar-refractivity contribution in [1.29, 1.82) is 0 Å². The maximum Gasteiger partial charge on any atom is 0 e. The van der Waals surface area contributed by atoms with E-state index in [4.69, 9.17) is 5.73 Å². The van der Waals surface area contributed by atoms with Crippen molar-refractivity contribution >= 4 is 0 Å². The monoisotopic (exact) mass is 302 g/mol. The molecule has 0 aromatic heterocycles. The van der Waals surface area contributed by atoms with Crippen molar-refractivity contribution in [3.63, 3.8) is 0 Å². The van der Waals surface area contributed by atoms with Crippen LogP contribution in [0.4, 0.5) is 0 Å². The Bertz CT molecular complexity index is 54.4. The van der Waals surface area contributed by atoms with Crippen LogP contribution in [-0.4, -0.2) is 0 Å². The van der Waals surface area contributed by atoms with E-state index in [9.17, 15) is 0 Å². The van der Waals surface area contributed by atoms with E-state index in [1.54, 1.807) is 0 Å². The minimum atomic E-state index is 0. The summed E-state index contributed by atoms with van der Waals surface area (Å²) in [7, 11) is 0. The molecule has 0 fully saturated rings. The van der Waals surface area contributed by atoms with Gasteiger partial charge in [-0.1, -0.05) is 20.8 Å². The van der Waals surface area contributed by atoms with Crippen LogP contribution in [0.15, 0.2) is 0 Å². The van der Waals surface area contributed by atoms with Crippen molar-refractivity contribution in [3.05, 3.63) is 13.5 Å². The Kier molecular flexibility index (Phi) is 9.81. The van der Waals surface area contributed by atoms with Crippen LogP contribution in [0.2, 0.25) is 0 Å². The van der Waals surface area contributed by atoms with Crippen LogP contribution in [0.25, 0.3) is 0 Å². The zero-order valence-corrected chi connectivity index (χ0v) is 9.67. The number of rotatable bonds is 0. The summed E-state index contributed by atoms with van der Waals surface area (Å²) in [5, 5.41) is 0. The van der Waals surface area contributed by atoms with Crippen LogP contribution in [0.1, 0.15) is 27.7 Å². The van der Waals surface area contributed by atoms with Crippen molar-refractivity contribution in [1.82, 2.24) is 0 Å². The van der Waals surface area contributed by atoms with E-state index in [1.807, 2.05) is 6.92 Å². The Labute approximate surface area is 73.1 Å². The van der Waals surface area contributed by atoms with Crippen LogP contribution < -0.4 is 5.73 Å². The first kappa shape index (κ1) is 16.3. The average Bonchev–Trinajstić information content (AvgIpc) is 1.31. The van der Waals surface area contributed by atoms with E-state index >= 15 is 0 Å². The molecule has 0 bridgehead atoms. The third-order valence-corrected chi connectivity index (χ3v) is 1.18. The molecular weight excluding hydrogens is 284 g/mol. The molecule has 0 heterocycles. The van der Waals surface area contributed by atoms with E-state index in [-0.39, 0.29) is 33.3 Å². The first-order valence-electron chi connectivity index (χ1n) is 2.54. The summed E-state index contributed by atoms with van der Waals surface area (Å²) in [6.45, 7) is 8.24. The molecule has 1 radical (unpaired) electrons. The minimum Gasteiger partial charge on any atom is -0.480 e. The van der Waals surface area contributed by atoms with Gasteiger partial charge in [-0.3, -0.25) is 6.04 Å². The van der Waals surface area contributed by atoms with Crippen LogP contribution >= 0.6 is 0 Å². The second kappa shape index (κ2) is 5.41. The second-order valence-corrected chi connectivity index (χ2v) is 2.93. The molecular formula is C7H17NRe-2. The fraction of sp³-hybridized carbons (Fsp3) is 0.714. The van der Waals surface area contributed by atoms with Crippen LogP contribution in [0, 0.1) is 18.9 Å². The van der Waals surface area contributed by atoms with Gasteiger partial charge < -0.3 is 13.2 Å². The second-order valence-electron chi connectivity index (χ2n) is 2.93. The third-order valence-electron chi connectivity index (χ3n) is 1.18. The van der Waals surface area contributed by atoms with Crippen molar-refractivity contribution in [2.45, 2.75) is 27.7 Å². The van der Waals surface area contributed by atoms with Crippen molar-refractivity contribution in [2.24, 2.45) is 11.1 Å². The molecule has 0 aliphatic rings. The quantitative estimate of drug-likeness (QED) is 0.680. The average molecular weight is 301 g/mol. The smallest absolute Gasteiger partial charge is 0 e. The van der Waals surface area contributed by atoms with E-state index in [1.165, 1.54) is 0 Å². The molecule has 0 aliphatic heterocycles. The summed E-state index contributed by atoms with van der Waals surface area (Å²) in [6.07, 6.45) is 0. The first-order chi connectivity index (χ1) is 2.94. The Morgan fingerprint density at radius 1 is 1.22 bits per heavy atom. The molecule has 0 aromatic carbocycles. The van der Waals surface area contributed by atoms with Crippen LogP contribution in [0.5, 0.6) is 0 Å². The van der Waals surface area contributed by atoms with Crippen LogP contribution in [-0.2, 0) is 20.4 Å². The summed E-state index contributed by atoms with van der Waals surface area (Å²) < 4.78 is 0. The molecule has 9 heavy (non-hydrogen) atoms. The van der Waals surface area contributed by atoms with Crippen LogP contribution in [0.3, 0.4) is 0 Å². The Hall–Kier alpha value is 0.622. The molecule has 2 heteroatoms. The maximum absolute atomic E-state index is 5.49. The fourth-order valence-corrected chi connectivity index (χ4v) is 0. The fourth-order valence-electron chi connectivity index (χ4n) is 0. The van der Waals surface area contributed by atoms with Crippen molar-refractivity contribution in [3.8, 4) is 0 Å².